The number of aliphatic hydroxyl groups is 3. The van der Waals surface area contributed by atoms with Gasteiger partial charge in [0.05, 0.1) is 0 Å². The Kier molecular flexibility index (Phi) is 16.2. The SMILES string of the molecule is CCC#CCO.Cc1ccc(NC(=O)OCC#CCO)cc1NC(=O)OCC#CCO. The number of hydrogen-bond donors (Lipinski definition) is 5. The van der Waals surface area contributed by atoms with Crippen molar-refractivity contribution in [2.75, 3.05) is 43.7 Å². The Morgan fingerprint density at radius 1 is 0.839 bits per heavy atom. The van der Waals surface area contributed by atoms with Gasteiger partial charge in [0, 0.05) is 17.8 Å². The van der Waals surface area contributed by atoms with Gasteiger partial charge in [-0.1, -0.05) is 42.6 Å². The van der Waals surface area contributed by atoms with Gasteiger partial charge in [-0.2, -0.15) is 0 Å². The second-order valence-corrected chi connectivity index (χ2v) is 5.32. The molecule has 0 heterocycles. The van der Waals surface area contributed by atoms with E-state index in [9.17, 15) is 9.59 Å². The zero-order chi connectivity index (χ0) is 23.3. The van der Waals surface area contributed by atoms with Crippen molar-refractivity contribution < 1.29 is 34.4 Å². The van der Waals surface area contributed by atoms with Crippen molar-refractivity contribution in [2.24, 2.45) is 0 Å². The van der Waals surface area contributed by atoms with Crippen LogP contribution in [0.5, 0.6) is 0 Å². The fourth-order valence-corrected chi connectivity index (χ4v) is 1.73. The number of rotatable bonds is 4. The predicted molar refractivity (Wildman–Crippen MR) is 116 cm³/mol. The quantitative estimate of drug-likeness (QED) is 0.456. The number of nitrogens with one attached hydrogen (secondary N) is 2. The summed E-state index contributed by atoms with van der Waals surface area (Å²) in [7, 11) is 0. The van der Waals surface area contributed by atoms with Crippen LogP contribution in [0.3, 0.4) is 0 Å². The third-order valence-electron chi connectivity index (χ3n) is 3.06. The van der Waals surface area contributed by atoms with E-state index in [1.807, 2.05) is 6.92 Å². The molecule has 5 N–H and O–H groups in total. The maximum absolute atomic E-state index is 11.7. The van der Waals surface area contributed by atoms with Crippen LogP contribution in [0.15, 0.2) is 18.2 Å². The predicted octanol–water partition coefficient (Wildman–Crippen LogP) is 1.48. The molecule has 1 aromatic carbocycles. The number of anilines is 2. The van der Waals surface area contributed by atoms with Crippen LogP contribution < -0.4 is 10.6 Å². The molecule has 0 spiro atoms. The molecule has 0 unspecified atom stereocenters. The van der Waals surface area contributed by atoms with Crippen molar-refractivity contribution in [3.8, 4) is 35.5 Å². The number of amides is 2. The Bertz CT molecular complexity index is 872. The van der Waals surface area contributed by atoms with E-state index in [4.69, 9.17) is 24.8 Å². The van der Waals surface area contributed by atoms with E-state index in [1.165, 1.54) is 6.07 Å². The van der Waals surface area contributed by atoms with E-state index < -0.39 is 12.2 Å². The molecule has 0 atom stereocenters. The fraction of sp³-hybridized carbons (Fsp3) is 0.364. The van der Waals surface area contributed by atoms with Crippen LogP contribution in [0.2, 0.25) is 0 Å². The summed E-state index contributed by atoms with van der Waals surface area (Å²) in [5.41, 5.74) is 1.60. The first-order valence-electron chi connectivity index (χ1n) is 9.16. The summed E-state index contributed by atoms with van der Waals surface area (Å²) >= 11 is 0. The van der Waals surface area contributed by atoms with Crippen LogP contribution in [0.4, 0.5) is 21.0 Å². The zero-order valence-corrected chi connectivity index (χ0v) is 17.4. The second-order valence-electron chi connectivity index (χ2n) is 5.32. The molecule has 0 fully saturated rings. The number of carbonyl (C=O) groups excluding carboxylic acids is 2. The Hall–Kier alpha value is -3.68. The fourth-order valence-electron chi connectivity index (χ4n) is 1.73. The van der Waals surface area contributed by atoms with Gasteiger partial charge in [-0.25, -0.2) is 9.59 Å². The molecule has 2 amide bonds. The molecule has 0 bridgehead atoms. The van der Waals surface area contributed by atoms with Crippen molar-refractivity contribution >= 4 is 23.6 Å². The molecule has 31 heavy (non-hydrogen) atoms. The van der Waals surface area contributed by atoms with Gasteiger partial charge in [0.1, 0.15) is 19.8 Å². The van der Waals surface area contributed by atoms with E-state index in [0.29, 0.717) is 11.4 Å². The number of ether oxygens (including phenoxy) is 2. The molecular weight excluding hydrogens is 404 g/mol. The van der Waals surface area contributed by atoms with Gasteiger partial charge >= 0.3 is 12.2 Å². The Morgan fingerprint density at radius 2 is 1.35 bits per heavy atom. The van der Waals surface area contributed by atoms with Gasteiger partial charge in [0.2, 0.25) is 0 Å². The van der Waals surface area contributed by atoms with Crippen molar-refractivity contribution in [1.82, 2.24) is 0 Å². The van der Waals surface area contributed by atoms with E-state index in [1.54, 1.807) is 19.1 Å². The second kappa shape index (κ2) is 18.4. The minimum atomic E-state index is -0.719. The molecule has 0 aliphatic rings. The normalized spacial score (nSPS) is 8.42. The monoisotopic (exact) mass is 430 g/mol. The summed E-state index contributed by atoms with van der Waals surface area (Å²) in [6.45, 7) is 2.80. The molecule has 9 heteroatoms. The largest absolute Gasteiger partial charge is 0.436 e. The third kappa shape index (κ3) is 14.9. The average Bonchev–Trinajstić information content (AvgIpc) is 2.75. The Balaban J connectivity index is 0.00000131. The van der Waals surface area contributed by atoms with E-state index >= 15 is 0 Å². The molecule has 0 aromatic heterocycles. The minimum Gasteiger partial charge on any atom is -0.436 e. The first-order chi connectivity index (χ1) is 15.0. The van der Waals surface area contributed by atoms with Crippen molar-refractivity contribution in [1.29, 1.82) is 0 Å². The lowest BCUT2D eigenvalue weighted by atomic mass is 10.2. The van der Waals surface area contributed by atoms with Gasteiger partial charge in [-0.15, -0.1) is 5.92 Å². The Labute approximate surface area is 181 Å². The van der Waals surface area contributed by atoms with Gasteiger partial charge in [-0.05, 0) is 24.6 Å². The standard InChI is InChI=1S/C17H18N2O6.C5H8O/c1-13-6-7-14(18-16(22)24-10-4-2-8-20)12-15(13)19-17(23)25-11-5-3-9-21;1-2-3-4-5-6/h6-7,12,20-21H,8-11H2,1H3,(H,18,22)(H,19,23);6H,2,5H2,1H3. The molecule has 0 saturated carbocycles. The first kappa shape index (κ1) is 27.3. The molecular formula is C22H26N2O7. The third-order valence-corrected chi connectivity index (χ3v) is 3.06. The number of aliphatic hydroxyl groups excluding tert-OH is 3. The minimum absolute atomic E-state index is 0.00611. The summed E-state index contributed by atoms with van der Waals surface area (Å²) in [5.74, 6) is 14.8. The number of hydrogen-bond acceptors (Lipinski definition) is 7. The summed E-state index contributed by atoms with van der Waals surface area (Å²) < 4.78 is 9.61. The van der Waals surface area contributed by atoms with Crippen molar-refractivity contribution in [3.05, 3.63) is 23.8 Å². The van der Waals surface area contributed by atoms with E-state index in [-0.39, 0.29) is 33.0 Å². The molecule has 0 radical (unpaired) electrons. The summed E-state index contributed by atoms with van der Waals surface area (Å²) in [4.78, 5) is 23.2. The van der Waals surface area contributed by atoms with Gasteiger partial charge in [0.15, 0.2) is 13.2 Å². The van der Waals surface area contributed by atoms with Crippen molar-refractivity contribution in [3.63, 3.8) is 0 Å². The summed E-state index contributed by atoms with van der Waals surface area (Å²) in [5, 5.41) is 30.0. The lowest BCUT2D eigenvalue weighted by molar-refractivity contribution is 0.175. The van der Waals surface area contributed by atoms with Crippen LogP contribution in [-0.2, 0) is 9.47 Å². The highest BCUT2D eigenvalue weighted by Gasteiger charge is 2.08. The lowest BCUT2D eigenvalue weighted by Crippen LogP contribution is -2.16. The van der Waals surface area contributed by atoms with Gasteiger partial charge < -0.3 is 24.8 Å². The van der Waals surface area contributed by atoms with E-state index in [2.05, 4.69) is 46.2 Å². The summed E-state index contributed by atoms with van der Waals surface area (Å²) in [6.07, 6.45) is -0.598. The van der Waals surface area contributed by atoms with Crippen LogP contribution in [0.25, 0.3) is 0 Å². The highest BCUT2D eigenvalue weighted by Crippen LogP contribution is 2.20. The average molecular weight is 430 g/mol. The van der Waals surface area contributed by atoms with Crippen LogP contribution >= 0.6 is 0 Å². The topological polar surface area (TPSA) is 137 Å². The molecule has 166 valence electrons. The lowest BCUT2D eigenvalue weighted by Gasteiger charge is -2.11. The molecule has 9 nitrogen and oxygen atoms in total. The van der Waals surface area contributed by atoms with E-state index in [0.717, 1.165) is 12.0 Å². The van der Waals surface area contributed by atoms with Crippen LogP contribution in [-0.4, -0.2) is 60.5 Å². The number of aryl methyl sites for hydroxylation is 1. The molecule has 1 aromatic rings. The zero-order valence-electron chi connectivity index (χ0n) is 17.4. The van der Waals surface area contributed by atoms with Gasteiger partial charge in [-0.3, -0.25) is 10.6 Å². The smallest absolute Gasteiger partial charge is 0.412 e. The molecule has 0 aliphatic carbocycles. The maximum atomic E-state index is 11.7. The highest BCUT2D eigenvalue weighted by atomic mass is 16.6. The maximum Gasteiger partial charge on any atom is 0.412 e. The Morgan fingerprint density at radius 3 is 1.84 bits per heavy atom. The molecule has 1 rings (SSSR count). The van der Waals surface area contributed by atoms with Crippen molar-refractivity contribution in [2.45, 2.75) is 20.3 Å². The van der Waals surface area contributed by atoms with Gasteiger partial charge in [0.25, 0.3) is 0 Å². The summed E-state index contributed by atoms with van der Waals surface area (Å²) in [6, 6.07) is 4.87. The highest BCUT2D eigenvalue weighted by molar-refractivity contribution is 5.89. The number of benzene rings is 1. The van der Waals surface area contributed by atoms with Crippen LogP contribution in [0, 0.1) is 42.4 Å². The van der Waals surface area contributed by atoms with Crippen LogP contribution in [0.1, 0.15) is 18.9 Å². The molecule has 0 aliphatic heterocycles. The molecule has 0 saturated heterocycles. The number of carbonyl (C=O) groups is 2. The first-order valence-corrected chi connectivity index (χ1v) is 9.16.